The van der Waals surface area contributed by atoms with Crippen molar-refractivity contribution in [1.29, 1.82) is 0 Å². The Morgan fingerprint density at radius 2 is 1.40 bits per heavy atom. The van der Waals surface area contributed by atoms with E-state index in [9.17, 15) is 9.59 Å². The van der Waals surface area contributed by atoms with Crippen LogP contribution in [0.3, 0.4) is 0 Å². The van der Waals surface area contributed by atoms with Gasteiger partial charge in [0, 0.05) is 11.3 Å². The molecule has 148 valence electrons. The minimum atomic E-state index is -0.889. The Morgan fingerprint density at radius 3 is 2.03 bits per heavy atom. The molecule has 0 saturated carbocycles. The Hall–Kier alpha value is -3.03. The molecule has 0 N–H and O–H groups in total. The maximum atomic E-state index is 13.2. The van der Waals surface area contributed by atoms with Gasteiger partial charge in [-0.25, -0.2) is 5.01 Å². The molecule has 0 aromatic heterocycles. The predicted octanol–water partition coefficient (Wildman–Crippen LogP) is 4.83. The number of hydrogen-bond donors (Lipinski definition) is 0. The van der Waals surface area contributed by atoms with Crippen molar-refractivity contribution in [3.63, 3.8) is 0 Å². The van der Waals surface area contributed by atoms with Crippen LogP contribution >= 0.6 is 23.5 Å². The molecular formula is C23H17N3O2S2. The number of carbonyl (C=O) groups is 2. The third-order valence-electron chi connectivity index (χ3n) is 4.85. The first-order chi connectivity index (χ1) is 14.7. The zero-order chi connectivity index (χ0) is 20.6. The lowest BCUT2D eigenvalue weighted by Crippen LogP contribution is -2.51. The number of benzene rings is 3. The van der Waals surface area contributed by atoms with Gasteiger partial charge in [-0.1, -0.05) is 78.5 Å². The first-order valence-corrected chi connectivity index (χ1v) is 11.2. The van der Waals surface area contributed by atoms with Crippen LogP contribution in [0.5, 0.6) is 0 Å². The average Bonchev–Trinajstić information content (AvgIpc) is 3.35. The number of anilines is 2. The number of para-hydroxylation sites is 2. The molecule has 2 heterocycles. The van der Waals surface area contributed by atoms with Gasteiger partial charge in [0.2, 0.25) is 16.0 Å². The average molecular weight is 432 g/mol. The summed E-state index contributed by atoms with van der Waals surface area (Å²) in [5.74, 6) is 0.155. The molecule has 0 bridgehead atoms. The number of hydrazone groups is 1. The van der Waals surface area contributed by atoms with Gasteiger partial charge in [-0.3, -0.25) is 14.5 Å². The van der Waals surface area contributed by atoms with Gasteiger partial charge in [-0.2, -0.15) is 5.10 Å². The van der Waals surface area contributed by atoms with Gasteiger partial charge in [-0.05, 0) is 36.0 Å². The minimum Gasteiger partial charge on any atom is -0.286 e. The number of thioether (sulfide) groups is 2. The van der Waals surface area contributed by atoms with E-state index in [1.54, 1.807) is 22.0 Å². The Morgan fingerprint density at radius 1 is 0.833 bits per heavy atom. The standard InChI is InChI=1S/C23H17N3O2S2/c27-20-16-29-23(25(20)18-12-6-2-7-13-18)26(19-14-8-3-9-15-19)24-22(30-23)21(28)17-10-4-1-5-11-17/h1-15H,16H2. The van der Waals surface area contributed by atoms with Crippen molar-refractivity contribution in [3.05, 3.63) is 96.6 Å². The Kier molecular flexibility index (Phi) is 4.84. The summed E-state index contributed by atoms with van der Waals surface area (Å²) in [6.07, 6.45) is 0. The molecule has 0 radical (unpaired) electrons. The van der Waals surface area contributed by atoms with Crippen LogP contribution < -0.4 is 9.91 Å². The van der Waals surface area contributed by atoms with Gasteiger partial charge < -0.3 is 0 Å². The zero-order valence-corrected chi connectivity index (χ0v) is 17.5. The third kappa shape index (κ3) is 3.11. The number of amides is 1. The van der Waals surface area contributed by atoms with Crippen molar-refractivity contribution >= 4 is 51.6 Å². The first kappa shape index (κ1) is 19.0. The van der Waals surface area contributed by atoms with Crippen LogP contribution in [0.15, 0.2) is 96.1 Å². The zero-order valence-electron chi connectivity index (χ0n) is 15.8. The highest BCUT2D eigenvalue weighted by Crippen LogP contribution is 2.55. The molecule has 2 aliphatic rings. The van der Waals surface area contributed by atoms with E-state index in [2.05, 4.69) is 0 Å². The fourth-order valence-corrected chi connectivity index (χ4v) is 6.31. The molecule has 1 saturated heterocycles. The number of rotatable bonds is 4. The third-order valence-corrected chi connectivity index (χ3v) is 7.66. The second-order valence-corrected chi connectivity index (χ2v) is 9.32. The van der Waals surface area contributed by atoms with Crippen LogP contribution in [-0.2, 0) is 4.79 Å². The molecule has 0 aliphatic carbocycles. The highest BCUT2D eigenvalue weighted by atomic mass is 32.2. The largest absolute Gasteiger partial charge is 0.286 e. The molecule has 1 atom stereocenters. The van der Waals surface area contributed by atoms with Crippen LogP contribution in [0, 0.1) is 0 Å². The molecule has 1 unspecified atom stereocenters. The predicted molar refractivity (Wildman–Crippen MR) is 124 cm³/mol. The monoisotopic (exact) mass is 431 g/mol. The fraction of sp³-hybridized carbons (Fsp3) is 0.0870. The molecule has 1 spiro atoms. The number of ketones is 1. The van der Waals surface area contributed by atoms with E-state index in [0.717, 1.165) is 11.4 Å². The molecule has 5 rings (SSSR count). The fourth-order valence-electron chi connectivity index (χ4n) is 3.50. The summed E-state index contributed by atoms with van der Waals surface area (Å²) in [7, 11) is 0. The van der Waals surface area contributed by atoms with E-state index in [0.29, 0.717) is 16.4 Å². The Bertz CT molecular complexity index is 1120. The number of Topliss-reactive ketones (excluding diaryl/α,β-unsaturated/α-hetero) is 1. The van der Waals surface area contributed by atoms with Gasteiger partial charge in [-0.15, -0.1) is 0 Å². The molecule has 3 aromatic rings. The van der Waals surface area contributed by atoms with Crippen molar-refractivity contribution in [2.24, 2.45) is 5.10 Å². The lowest BCUT2D eigenvalue weighted by molar-refractivity contribution is -0.115. The summed E-state index contributed by atoms with van der Waals surface area (Å²) >= 11 is 2.81. The Balaban J connectivity index is 1.62. The van der Waals surface area contributed by atoms with Crippen LogP contribution in [0.25, 0.3) is 0 Å². The van der Waals surface area contributed by atoms with Gasteiger partial charge in [0.25, 0.3) is 0 Å². The Labute approximate surface area is 182 Å². The van der Waals surface area contributed by atoms with Crippen molar-refractivity contribution in [2.45, 2.75) is 4.33 Å². The molecule has 7 heteroatoms. The van der Waals surface area contributed by atoms with Crippen molar-refractivity contribution in [3.8, 4) is 0 Å². The van der Waals surface area contributed by atoms with Crippen LogP contribution in [0.4, 0.5) is 11.4 Å². The summed E-state index contributed by atoms with van der Waals surface area (Å²) in [5.41, 5.74) is 2.18. The van der Waals surface area contributed by atoms with Crippen molar-refractivity contribution < 1.29 is 9.59 Å². The number of nitrogens with zero attached hydrogens (tertiary/aromatic N) is 3. The second-order valence-electron chi connectivity index (χ2n) is 6.75. The highest BCUT2D eigenvalue weighted by Gasteiger charge is 2.57. The number of carbonyl (C=O) groups excluding carboxylic acids is 2. The molecule has 1 amide bonds. The molecule has 30 heavy (non-hydrogen) atoms. The molecule has 2 aliphatic heterocycles. The lowest BCUT2D eigenvalue weighted by Gasteiger charge is -2.39. The van der Waals surface area contributed by atoms with E-state index >= 15 is 0 Å². The van der Waals surface area contributed by atoms with Gasteiger partial charge in [0.1, 0.15) is 0 Å². The van der Waals surface area contributed by atoms with Crippen molar-refractivity contribution in [2.75, 3.05) is 15.7 Å². The summed E-state index contributed by atoms with van der Waals surface area (Å²) in [6.45, 7) is 0. The van der Waals surface area contributed by atoms with E-state index in [1.165, 1.54) is 23.5 Å². The van der Waals surface area contributed by atoms with E-state index < -0.39 is 4.33 Å². The van der Waals surface area contributed by atoms with Crippen molar-refractivity contribution in [1.82, 2.24) is 0 Å². The number of hydrogen-bond acceptors (Lipinski definition) is 6. The van der Waals surface area contributed by atoms with Crippen LogP contribution in [0.2, 0.25) is 0 Å². The smallest absolute Gasteiger partial charge is 0.243 e. The lowest BCUT2D eigenvalue weighted by atomic mass is 10.1. The molecule has 3 aromatic carbocycles. The molecule has 1 fully saturated rings. The summed E-state index contributed by atoms with van der Waals surface area (Å²) in [5, 5.41) is 6.90. The topological polar surface area (TPSA) is 53.0 Å². The quantitative estimate of drug-likeness (QED) is 0.554. The SMILES string of the molecule is O=C(C1=NN(c2ccccc2)C2(SCC(=O)N2c2ccccc2)S1)c1ccccc1. The first-order valence-electron chi connectivity index (χ1n) is 9.44. The van der Waals surface area contributed by atoms with Gasteiger partial charge >= 0.3 is 0 Å². The maximum Gasteiger partial charge on any atom is 0.243 e. The highest BCUT2D eigenvalue weighted by molar-refractivity contribution is 8.28. The maximum absolute atomic E-state index is 13.2. The van der Waals surface area contributed by atoms with Gasteiger partial charge in [0.05, 0.1) is 11.4 Å². The minimum absolute atomic E-state index is 0.0109. The summed E-state index contributed by atoms with van der Waals surface area (Å²) < 4.78 is -0.889. The normalized spacial score (nSPS) is 20.7. The van der Waals surface area contributed by atoms with Crippen LogP contribution in [-0.4, -0.2) is 26.8 Å². The van der Waals surface area contributed by atoms with Gasteiger partial charge in [0.15, 0.2) is 5.04 Å². The van der Waals surface area contributed by atoms with E-state index in [1.807, 2.05) is 78.9 Å². The van der Waals surface area contributed by atoms with E-state index in [-0.39, 0.29) is 11.7 Å². The second kappa shape index (κ2) is 7.66. The van der Waals surface area contributed by atoms with E-state index in [4.69, 9.17) is 5.10 Å². The summed E-state index contributed by atoms with van der Waals surface area (Å²) in [6, 6.07) is 28.3. The summed E-state index contributed by atoms with van der Waals surface area (Å²) in [4.78, 5) is 27.9. The molecule has 5 nitrogen and oxygen atoms in total. The van der Waals surface area contributed by atoms with Crippen LogP contribution in [0.1, 0.15) is 10.4 Å². The molecular weight excluding hydrogens is 414 g/mol.